The zero-order valence-corrected chi connectivity index (χ0v) is 43.2. The first-order chi connectivity index (χ1) is 32.4. The highest BCUT2D eigenvalue weighted by Crippen LogP contribution is 2.61. The Morgan fingerprint density at radius 1 is 0.529 bits per heavy atom. The van der Waals surface area contributed by atoms with Gasteiger partial charge in [-0.3, -0.25) is 0 Å². The molecule has 4 nitrogen and oxygen atoms in total. The van der Waals surface area contributed by atoms with Crippen LogP contribution in [0.2, 0.25) is 0 Å². The molecule has 9 atom stereocenters. The molecule has 0 amide bonds. The number of rotatable bonds is 16. The maximum Gasteiger partial charge on any atom is 1.00 e. The molecule has 6 aromatic rings. The van der Waals surface area contributed by atoms with Crippen LogP contribution < -0.4 is 28.3 Å². The highest BCUT2D eigenvalue weighted by Gasteiger charge is 2.54. The molecule has 0 N–H and O–H groups in total. The van der Waals surface area contributed by atoms with E-state index in [1.165, 1.54) is 45.4 Å². The SMILES string of the molecule is COC=C[C@@]1(C)C[C@H]1[C@@H](C)c1ccccc1.COC[P+](c1ccccc1)(c1ccccc1)c1ccccc1.C[C@@H](c1ccccc1)[C@@H]1C[C@]1(C)C=O.C[C@@H](c1ccccc1)[C@@H]1C[C@]1(C)CC=O.[Cl-].[H+]. The van der Waals surface area contributed by atoms with Crippen LogP contribution in [-0.2, 0) is 19.1 Å². The Hall–Kier alpha value is -5.12. The predicted octanol–water partition coefficient (Wildman–Crippen LogP) is 11.1. The second kappa shape index (κ2) is 24.9. The monoisotopic (exact) mass is 950 g/mol. The van der Waals surface area contributed by atoms with Gasteiger partial charge >= 0.3 is 1.43 Å². The summed E-state index contributed by atoms with van der Waals surface area (Å²) < 4.78 is 10.7. The molecule has 68 heavy (non-hydrogen) atoms. The van der Waals surface area contributed by atoms with Crippen molar-refractivity contribution in [2.75, 3.05) is 20.6 Å². The van der Waals surface area contributed by atoms with E-state index in [2.05, 4.69) is 217 Å². The summed E-state index contributed by atoms with van der Waals surface area (Å²) in [6, 6.07) is 64.1. The maximum absolute atomic E-state index is 10.8. The lowest BCUT2D eigenvalue weighted by molar-refractivity contribution is -0.112. The molecule has 0 radical (unpaired) electrons. The summed E-state index contributed by atoms with van der Waals surface area (Å²) >= 11 is 0. The fourth-order valence-corrected chi connectivity index (χ4v) is 14.2. The average molecular weight is 951 g/mol. The molecule has 0 aromatic heterocycles. The zero-order chi connectivity index (χ0) is 47.9. The Morgan fingerprint density at radius 2 is 0.868 bits per heavy atom. The van der Waals surface area contributed by atoms with Crippen molar-refractivity contribution in [2.45, 2.75) is 85.0 Å². The van der Waals surface area contributed by atoms with Crippen molar-refractivity contribution in [3.05, 3.63) is 211 Å². The molecule has 3 fully saturated rings. The predicted molar refractivity (Wildman–Crippen MR) is 284 cm³/mol. The molecule has 0 aliphatic heterocycles. The largest absolute Gasteiger partial charge is 1.00 e. The second-order valence-electron chi connectivity index (χ2n) is 20.0. The van der Waals surface area contributed by atoms with Crippen molar-refractivity contribution in [1.82, 2.24) is 0 Å². The summed E-state index contributed by atoms with van der Waals surface area (Å²) in [6.07, 6.45) is 11.2. The van der Waals surface area contributed by atoms with Crippen molar-refractivity contribution >= 4 is 35.7 Å². The van der Waals surface area contributed by atoms with Gasteiger partial charge in [0.15, 0.2) is 6.35 Å². The number of methoxy groups -OCH3 is 2. The highest BCUT2D eigenvalue weighted by molar-refractivity contribution is 7.95. The summed E-state index contributed by atoms with van der Waals surface area (Å²) in [4.78, 5) is 21.4. The molecule has 6 aromatic carbocycles. The standard InChI is InChI=1S/C20H20OP.C15H20O.C14H18O.C13H16O.ClH/c1-21-17-22(18-11-5-2-6-12-18,19-13-7-3-8-14-19)20-15-9-4-10-16-20;1-12(13-7-5-4-6-8-13)14-11-15(14,2)9-10-16-3;1-11(12-6-4-3-5-7-12)13-10-14(13,2)8-9-15;1-10(11-6-4-3-5-7-11)12-8-13(12,2)9-14;/h2-16H,17H2,1H3;4-10,12,14H,11H2,1-3H3;3-7,9,11,13H,8,10H2,1-2H3;3-7,9-10,12H,8H2,1-2H3;1H/q+1;;;;/t;12-,14-,15-;11-,13-,14-;10-,12-,13+;/m.000./s1. The van der Waals surface area contributed by atoms with Crippen LogP contribution in [0, 0.1) is 34.0 Å². The van der Waals surface area contributed by atoms with E-state index < -0.39 is 7.26 Å². The van der Waals surface area contributed by atoms with Gasteiger partial charge in [0.2, 0.25) is 0 Å². The van der Waals surface area contributed by atoms with E-state index in [1.807, 2.05) is 18.4 Å². The molecule has 3 aliphatic rings. The maximum atomic E-state index is 10.8. The van der Waals surface area contributed by atoms with Gasteiger partial charge in [0.05, 0.1) is 13.4 Å². The van der Waals surface area contributed by atoms with E-state index in [0.29, 0.717) is 41.4 Å². The van der Waals surface area contributed by atoms with Gasteiger partial charge in [0, 0.05) is 18.9 Å². The van der Waals surface area contributed by atoms with Gasteiger partial charge in [0.25, 0.3) is 0 Å². The first-order valence-electron chi connectivity index (χ1n) is 24.2. The van der Waals surface area contributed by atoms with Crippen LogP contribution in [-0.4, -0.2) is 33.1 Å². The summed E-state index contributed by atoms with van der Waals surface area (Å²) in [5, 5.41) is 4.07. The van der Waals surface area contributed by atoms with Crippen molar-refractivity contribution in [3.8, 4) is 0 Å². The van der Waals surface area contributed by atoms with Crippen LogP contribution in [0.1, 0.15) is 103 Å². The molecule has 6 heteroatoms. The van der Waals surface area contributed by atoms with Crippen LogP contribution >= 0.6 is 7.26 Å². The second-order valence-corrected chi connectivity index (χ2v) is 23.4. The smallest absolute Gasteiger partial charge is 1.00 e. The van der Waals surface area contributed by atoms with Gasteiger partial charge in [-0.25, -0.2) is 0 Å². The highest BCUT2D eigenvalue weighted by atomic mass is 35.5. The molecule has 0 bridgehead atoms. The van der Waals surface area contributed by atoms with Crippen molar-refractivity contribution in [3.63, 3.8) is 0 Å². The van der Waals surface area contributed by atoms with E-state index in [0.717, 1.165) is 31.3 Å². The summed E-state index contributed by atoms with van der Waals surface area (Å²) in [5.41, 5.74) is 4.76. The average Bonchev–Trinajstić information content (AvgIpc) is 4.35. The minimum atomic E-state index is -1.78. The number of allylic oxidation sites excluding steroid dienone is 1. The van der Waals surface area contributed by atoms with Crippen LogP contribution in [0.5, 0.6) is 0 Å². The first kappa shape index (κ1) is 53.8. The molecule has 0 spiro atoms. The Morgan fingerprint density at radius 3 is 1.19 bits per heavy atom. The quantitative estimate of drug-likeness (QED) is 0.0551. The Balaban J connectivity index is 0.000000202. The van der Waals surface area contributed by atoms with Gasteiger partial charge in [-0.2, -0.15) is 0 Å². The number of hydrogen-bond acceptors (Lipinski definition) is 4. The van der Waals surface area contributed by atoms with Gasteiger partial charge in [-0.15, -0.1) is 0 Å². The fraction of sp³-hybridized carbons (Fsp3) is 0.355. The Bertz CT molecular complexity index is 2330. The van der Waals surface area contributed by atoms with Crippen molar-refractivity contribution < 1.29 is 32.9 Å². The molecule has 0 heterocycles. The van der Waals surface area contributed by atoms with Gasteiger partial charge < -0.3 is 31.5 Å². The molecule has 358 valence electrons. The Labute approximate surface area is 417 Å². The third-order valence-corrected chi connectivity index (χ3v) is 19.4. The minimum Gasteiger partial charge on any atom is -1.00 e. The fourth-order valence-electron chi connectivity index (χ4n) is 10.4. The molecule has 3 saturated carbocycles. The van der Waals surface area contributed by atoms with Crippen LogP contribution in [0.4, 0.5) is 0 Å². The topological polar surface area (TPSA) is 52.6 Å². The number of benzene rings is 6. The lowest BCUT2D eigenvalue weighted by Gasteiger charge is -2.26. The van der Waals surface area contributed by atoms with E-state index in [-0.39, 0.29) is 24.7 Å². The normalized spacial score (nSPS) is 24.3. The van der Waals surface area contributed by atoms with E-state index in [4.69, 9.17) is 9.47 Å². The lowest BCUT2D eigenvalue weighted by atomic mass is 9.90. The Kier molecular flexibility index (Phi) is 19.7. The number of aldehydes is 2. The molecule has 3 aliphatic carbocycles. The summed E-state index contributed by atoms with van der Waals surface area (Å²) in [6.45, 7) is 13.4. The van der Waals surface area contributed by atoms with Crippen LogP contribution in [0.3, 0.4) is 0 Å². The van der Waals surface area contributed by atoms with E-state index >= 15 is 0 Å². The third-order valence-electron chi connectivity index (χ3n) is 15.2. The number of ether oxygens (including phenoxy) is 2. The zero-order valence-electron chi connectivity index (χ0n) is 42.6. The third kappa shape index (κ3) is 13.3. The van der Waals surface area contributed by atoms with Gasteiger partial charge in [-0.05, 0) is 125 Å². The molecule has 0 unspecified atom stereocenters. The minimum absolute atomic E-state index is 0. The molecule has 0 saturated heterocycles. The number of hydrogen-bond donors (Lipinski definition) is 0. The van der Waals surface area contributed by atoms with Crippen molar-refractivity contribution in [2.24, 2.45) is 34.0 Å². The summed E-state index contributed by atoms with van der Waals surface area (Å²) in [7, 11) is 1.73. The van der Waals surface area contributed by atoms with Crippen LogP contribution in [0.15, 0.2) is 194 Å². The lowest BCUT2D eigenvalue weighted by Crippen LogP contribution is -3.00. The van der Waals surface area contributed by atoms with Gasteiger partial charge in [-0.1, -0.05) is 187 Å². The number of carbonyl (C=O) groups excluding carboxylic acids is 2. The number of halogens is 1. The first-order valence-corrected chi connectivity index (χ1v) is 26.2. The molecular weight excluding hydrogens is 875 g/mol. The number of carbonyl (C=O) groups is 2. The van der Waals surface area contributed by atoms with Gasteiger partial charge in [0.1, 0.15) is 35.7 Å². The summed E-state index contributed by atoms with van der Waals surface area (Å²) in [5.74, 6) is 3.70. The molecular formula is C62H75ClO4P+. The van der Waals surface area contributed by atoms with Crippen LogP contribution in [0.25, 0.3) is 0 Å². The van der Waals surface area contributed by atoms with E-state index in [9.17, 15) is 9.59 Å². The van der Waals surface area contributed by atoms with Crippen molar-refractivity contribution in [1.29, 1.82) is 0 Å². The van der Waals surface area contributed by atoms with E-state index in [1.54, 1.807) is 14.2 Å². The molecule has 9 rings (SSSR count).